The summed E-state index contributed by atoms with van der Waals surface area (Å²) < 4.78 is 15.3. The second kappa shape index (κ2) is 8.43. The van der Waals surface area contributed by atoms with Gasteiger partial charge in [0.1, 0.15) is 0 Å². The van der Waals surface area contributed by atoms with E-state index in [9.17, 15) is 9.90 Å². The fourth-order valence-corrected chi connectivity index (χ4v) is 1.73. The molecule has 1 rings (SSSR count). The standard InChI is InChI=1S/C15H22O5/c1-4-5-8-20-15(17)10-12(16)11-6-7-13(18-2)14(9-11)19-3/h6-7,9,12,16H,4-5,8,10H2,1-3H3. The zero-order chi connectivity index (χ0) is 15.0. The Morgan fingerprint density at radius 3 is 2.55 bits per heavy atom. The number of carbonyl (C=O) groups is 1. The monoisotopic (exact) mass is 282 g/mol. The smallest absolute Gasteiger partial charge is 0.308 e. The van der Waals surface area contributed by atoms with Crippen LogP contribution in [0.5, 0.6) is 11.5 Å². The van der Waals surface area contributed by atoms with Gasteiger partial charge < -0.3 is 19.3 Å². The van der Waals surface area contributed by atoms with Gasteiger partial charge >= 0.3 is 5.97 Å². The van der Waals surface area contributed by atoms with E-state index < -0.39 is 12.1 Å². The minimum Gasteiger partial charge on any atom is -0.493 e. The maximum absolute atomic E-state index is 11.5. The molecule has 1 N–H and O–H groups in total. The van der Waals surface area contributed by atoms with Crippen molar-refractivity contribution in [3.63, 3.8) is 0 Å². The van der Waals surface area contributed by atoms with Gasteiger partial charge in [0.15, 0.2) is 11.5 Å². The molecule has 20 heavy (non-hydrogen) atoms. The molecule has 112 valence electrons. The summed E-state index contributed by atoms with van der Waals surface area (Å²) in [5, 5.41) is 10.0. The van der Waals surface area contributed by atoms with Gasteiger partial charge in [0.2, 0.25) is 0 Å². The van der Waals surface area contributed by atoms with Gasteiger partial charge in [-0.05, 0) is 24.1 Å². The molecule has 0 aromatic heterocycles. The average Bonchev–Trinajstić information content (AvgIpc) is 2.46. The normalized spacial score (nSPS) is 11.8. The van der Waals surface area contributed by atoms with Crippen molar-refractivity contribution < 1.29 is 24.1 Å². The van der Waals surface area contributed by atoms with Crippen molar-refractivity contribution in [3.05, 3.63) is 23.8 Å². The number of hydrogen-bond donors (Lipinski definition) is 1. The highest BCUT2D eigenvalue weighted by Gasteiger charge is 2.16. The van der Waals surface area contributed by atoms with Crippen LogP contribution in [0.15, 0.2) is 18.2 Å². The fraction of sp³-hybridized carbons (Fsp3) is 0.533. The number of aliphatic hydroxyl groups excluding tert-OH is 1. The molecule has 0 amide bonds. The lowest BCUT2D eigenvalue weighted by Gasteiger charge is -2.13. The van der Waals surface area contributed by atoms with Crippen LogP contribution in [0.3, 0.4) is 0 Å². The van der Waals surface area contributed by atoms with Crippen molar-refractivity contribution in [1.29, 1.82) is 0 Å². The summed E-state index contributed by atoms with van der Waals surface area (Å²) in [5.41, 5.74) is 0.593. The summed E-state index contributed by atoms with van der Waals surface area (Å²) in [6.07, 6.45) is 0.812. The van der Waals surface area contributed by atoms with E-state index in [4.69, 9.17) is 14.2 Å². The third-order valence-corrected chi connectivity index (χ3v) is 2.91. The largest absolute Gasteiger partial charge is 0.493 e. The molecule has 0 bridgehead atoms. The zero-order valence-electron chi connectivity index (χ0n) is 12.2. The Labute approximate surface area is 119 Å². The molecule has 5 heteroatoms. The van der Waals surface area contributed by atoms with Gasteiger partial charge in [-0.2, -0.15) is 0 Å². The van der Waals surface area contributed by atoms with E-state index >= 15 is 0 Å². The molecule has 0 heterocycles. The van der Waals surface area contributed by atoms with Crippen molar-refractivity contribution in [2.45, 2.75) is 32.3 Å². The van der Waals surface area contributed by atoms with Crippen molar-refractivity contribution in [2.24, 2.45) is 0 Å². The Hall–Kier alpha value is -1.75. The van der Waals surface area contributed by atoms with Gasteiger partial charge in [-0.3, -0.25) is 4.79 Å². The van der Waals surface area contributed by atoms with Gasteiger partial charge in [-0.15, -0.1) is 0 Å². The number of esters is 1. The molecule has 1 unspecified atom stereocenters. The van der Waals surface area contributed by atoms with E-state index in [1.54, 1.807) is 25.3 Å². The first kappa shape index (κ1) is 16.3. The first-order valence-electron chi connectivity index (χ1n) is 6.68. The molecule has 0 aliphatic rings. The second-order valence-electron chi connectivity index (χ2n) is 4.41. The Morgan fingerprint density at radius 2 is 1.95 bits per heavy atom. The lowest BCUT2D eigenvalue weighted by atomic mass is 10.1. The summed E-state index contributed by atoms with van der Waals surface area (Å²) in [6, 6.07) is 5.05. The summed E-state index contributed by atoms with van der Waals surface area (Å²) >= 11 is 0. The van der Waals surface area contributed by atoms with E-state index in [2.05, 4.69) is 0 Å². The molecule has 0 aliphatic heterocycles. The van der Waals surface area contributed by atoms with Gasteiger partial charge in [0.25, 0.3) is 0 Å². The van der Waals surface area contributed by atoms with E-state index in [1.165, 1.54) is 7.11 Å². The van der Waals surface area contributed by atoms with Crippen LogP contribution in [0.1, 0.15) is 37.9 Å². The molecule has 0 radical (unpaired) electrons. The quantitative estimate of drug-likeness (QED) is 0.586. The van der Waals surface area contributed by atoms with Crippen molar-refractivity contribution in [2.75, 3.05) is 20.8 Å². The number of methoxy groups -OCH3 is 2. The van der Waals surface area contributed by atoms with Crippen LogP contribution in [0.4, 0.5) is 0 Å². The molecule has 5 nitrogen and oxygen atoms in total. The molecule has 0 aliphatic carbocycles. The number of unbranched alkanes of at least 4 members (excludes halogenated alkanes) is 1. The highest BCUT2D eigenvalue weighted by molar-refractivity contribution is 5.70. The lowest BCUT2D eigenvalue weighted by Crippen LogP contribution is -2.11. The topological polar surface area (TPSA) is 65.0 Å². The second-order valence-corrected chi connectivity index (χ2v) is 4.41. The summed E-state index contributed by atoms with van der Waals surface area (Å²) in [4.78, 5) is 11.5. The Balaban J connectivity index is 2.63. The maximum Gasteiger partial charge on any atom is 0.308 e. The van der Waals surface area contributed by atoms with Gasteiger partial charge in [0.05, 0.1) is 33.4 Å². The number of hydrogen-bond acceptors (Lipinski definition) is 5. The maximum atomic E-state index is 11.5. The van der Waals surface area contributed by atoms with E-state index in [-0.39, 0.29) is 6.42 Å². The first-order valence-corrected chi connectivity index (χ1v) is 6.68. The zero-order valence-corrected chi connectivity index (χ0v) is 12.2. The summed E-state index contributed by atoms with van der Waals surface area (Å²) in [5.74, 6) is 0.693. The molecular weight excluding hydrogens is 260 g/mol. The molecule has 1 aromatic carbocycles. The minimum atomic E-state index is -0.913. The first-order chi connectivity index (χ1) is 9.62. The van der Waals surface area contributed by atoms with Crippen LogP contribution in [0.25, 0.3) is 0 Å². The third kappa shape index (κ3) is 4.74. The van der Waals surface area contributed by atoms with Crippen LogP contribution in [0.2, 0.25) is 0 Å². The van der Waals surface area contributed by atoms with E-state index in [0.717, 1.165) is 12.8 Å². The van der Waals surface area contributed by atoms with Gasteiger partial charge in [-0.1, -0.05) is 19.4 Å². The van der Waals surface area contributed by atoms with Crippen LogP contribution in [-0.4, -0.2) is 31.9 Å². The Morgan fingerprint density at radius 1 is 1.25 bits per heavy atom. The SMILES string of the molecule is CCCCOC(=O)CC(O)c1ccc(OC)c(OC)c1. The van der Waals surface area contributed by atoms with Crippen LogP contribution < -0.4 is 9.47 Å². The molecule has 1 aromatic rings. The minimum absolute atomic E-state index is 0.0702. The number of ether oxygens (including phenoxy) is 3. The van der Waals surface area contributed by atoms with Crippen LogP contribution >= 0.6 is 0 Å². The average molecular weight is 282 g/mol. The Bertz CT molecular complexity index is 430. The highest BCUT2D eigenvalue weighted by atomic mass is 16.5. The molecule has 0 spiro atoms. The van der Waals surface area contributed by atoms with Gasteiger partial charge in [-0.25, -0.2) is 0 Å². The number of rotatable bonds is 8. The van der Waals surface area contributed by atoms with E-state index in [1.807, 2.05) is 6.92 Å². The summed E-state index contributed by atoms with van der Waals surface area (Å²) in [6.45, 7) is 2.42. The van der Waals surface area contributed by atoms with Crippen molar-refractivity contribution >= 4 is 5.97 Å². The van der Waals surface area contributed by atoms with Crippen molar-refractivity contribution in [3.8, 4) is 11.5 Å². The predicted octanol–water partition coefficient (Wildman–Crippen LogP) is 2.47. The molecule has 0 saturated heterocycles. The van der Waals surface area contributed by atoms with E-state index in [0.29, 0.717) is 23.7 Å². The molecule has 0 saturated carbocycles. The number of benzene rings is 1. The van der Waals surface area contributed by atoms with Gasteiger partial charge in [0, 0.05) is 0 Å². The van der Waals surface area contributed by atoms with Crippen molar-refractivity contribution in [1.82, 2.24) is 0 Å². The van der Waals surface area contributed by atoms with Crippen LogP contribution in [0, 0.1) is 0 Å². The third-order valence-electron chi connectivity index (χ3n) is 2.91. The predicted molar refractivity (Wildman–Crippen MR) is 75.0 cm³/mol. The number of carbonyl (C=O) groups excluding carboxylic acids is 1. The highest BCUT2D eigenvalue weighted by Crippen LogP contribution is 2.30. The molecule has 0 fully saturated rings. The lowest BCUT2D eigenvalue weighted by molar-refractivity contribution is -0.146. The van der Waals surface area contributed by atoms with Crippen LogP contribution in [-0.2, 0) is 9.53 Å². The Kier molecular flexibility index (Phi) is 6.87. The fourth-order valence-electron chi connectivity index (χ4n) is 1.73. The molecular formula is C15H22O5. The molecule has 1 atom stereocenters. The summed E-state index contributed by atoms with van der Waals surface area (Å²) in [7, 11) is 3.06. The number of aliphatic hydroxyl groups is 1.